The fourth-order valence-corrected chi connectivity index (χ4v) is 4.97. The first-order valence-electron chi connectivity index (χ1n) is 10.6. The maximum Gasteiger partial charge on any atom is 0.238 e. The number of carbonyl (C=O) groups is 3. The first kappa shape index (κ1) is 21.4. The molecule has 0 saturated carbocycles. The van der Waals surface area contributed by atoms with Gasteiger partial charge in [0.2, 0.25) is 17.7 Å². The summed E-state index contributed by atoms with van der Waals surface area (Å²) in [5, 5.41) is 3.03. The fourth-order valence-electron chi connectivity index (χ4n) is 4.27. The van der Waals surface area contributed by atoms with E-state index in [9.17, 15) is 14.4 Å². The normalized spacial score (nSPS) is 20.1. The average Bonchev–Trinajstić information content (AvgIpc) is 3.04. The molecule has 0 radical (unpaired) electrons. The number of aryl methyl sites for hydroxylation is 2. The Hall–Kier alpha value is -2.86. The summed E-state index contributed by atoms with van der Waals surface area (Å²) in [6.45, 7) is 4.07. The number of anilines is 2. The van der Waals surface area contributed by atoms with Gasteiger partial charge in [0.1, 0.15) is 0 Å². The van der Waals surface area contributed by atoms with Crippen molar-refractivity contribution < 1.29 is 14.4 Å². The van der Waals surface area contributed by atoms with Crippen molar-refractivity contribution in [3.8, 4) is 0 Å². The van der Waals surface area contributed by atoms with Crippen LogP contribution < -0.4 is 10.2 Å². The van der Waals surface area contributed by atoms with Crippen molar-refractivity contribution in [1.82, 2.24) is 0 Å². The van der Waals surface area contributed by atoms with Crippen LogP contribution in [-0.4, -0.2) is 23.5 Å². The van der Waals surface area contributed by atoms with Gasteiger partial charge in [0.15, 0.2) is 0 Å². The number of allylic oxidation sites excluding steroid dienone is 2. The van der Waals surface area contributed by atoms with Crippen molar-refractivity contribution in [1.29, 1.82) is 0 Å². The highest BCUT2D eigenvalue weighted by Gasteiger charge is 2.47. The van der Waals surface area contributed by atoms with E-state index >= 15 is 0 Å². The molecule has 1 aliphatic carbocycles. The molecule has 3 amide bonds. The zero-order valence-electron chi connectivity index (χ0n) is 17.8. The molecule has 160 valence electrons. The molecule has 2 aromatic rings. The van der Waals surface area contributed by atoms with Crippen molar-refractivity contribution in [3.63, 3.8) is 0 Å². The number of hydrogen-bond donors (Lipinski definition) is 1. The smallest absolute Gasteiger partial charge is 0.238 e. The SMILES string of the molecule is CCc1cccc(C)c1NC(=O)CSc1ccc(N2C(=O)C3CC=CCC3C2=O)cc1. The highest BCUT2D eigenvalue weighted by atomic mass is 32.2. The van der Waals surface area contributed by atoms with Gasteiger partial charge in [0.05, 0.1) is 23.3 Å². The lowest BCUT2D eigenvalue weighted by molar-refractivity contribution is -0.122. The Morgan fingerprint density at radius 1 is 1.03 bits per heavy atom. The van der Waals surface area contributed by atoms with Crippen LogP contribution in [0.1, 0.15) is 30.9 Å². The third kappa shape index (κ3) is 4.30. The molecule has 2 unspecified atom stereocenters. The molecule has 0 aromatic heterocycles. The highest BCUT2D eigenvalue weighted by molar-refractivity contribution is 8.00. The predicted molar refractivity (Wildman–Crippen MR) is 124 cm³/mol. The lowest BCUT2D eigenvalue weighted by Gasteiger charge is -2.15. The van der Waals surface area contributed by atoms with E-state index in [1.165, 1.54) is 16.7 Å². The second kappa shape index (κ2) is 9.10. The summed E-state index contributed by atoms with van der Waals surface area (Å²) in [5.41, 5.74) is 3.68. The van der Waals surface area contributed by atoms with Crippen molar-refractivity contribution in [2.24, 2.45) is 11.8 Å². The number of rotatable bonds is 6. The van der Waals surface area contributed by atoms with Gasteiger partial charge < -0.3 is 5.32 Å². The van der Waals surface area contributed by atoms with E-state index in [0.717, 1.165) is 28.1 Å². The summed E-state index contributed by atoms with van der Waals surface area (Å²) in [7, 11) is 0. The van der Waals surface area contributed by atoms with Crippen LogP contribution in [-0.2, 0) is 20.8 Å². The third-order valence-electron chi connectivity index (χ3n) is 5.98. The quantitative estimate of drug-likeness (QED) is 0.405. The van der Waals surface area contributed by atoms with Crippen molar-refractivity contribution >= 4 is 40.9 Å². The summed E-state index contributed by atoms with van der Waals surface area (Å²) < 4.78 is 0. The number of para-hydroxylation sites is 1. The van der Waals surface area contributed by atoms with E-state index in [-0.39, 0.29) is 35.3 Å². The summed E-state index contributed by atoms with van der Waals surface area (Å²) >= 11 is 1.43. The van der Waals surface area contributed by atoms with Gasteiger partial charge in [-0.2, -0.15) is 0 Å². The Balaban J connectivity index is 1.38. The molecule has 5 nitrogen and oxygen atoms in total. The van der Waals surface area contributed by atoms with Crippen LogP contribution >= 0.6 is 11.8 Å². The standard InChI is InChI=1S/C25H26N2O3S/c1-3-17-8-6-7-16(2)23(17)26-22(28)15-31-19-13-11-18(12-14-19)27-24(29)20-9-4-5-10-21(20)25(27)30/h4-8,11-14,20-21H,3,9-10,15H2,1-2H3,(H,26,28). The fraction of sp³-hybridized carbons (Fsp3) is 0.320. The maximum atomic E-state index is 12.7. The topological polar surface area (TPSA) is 66.5 Å². The van der Waals surface area contributed by atoms with Gasteiger partial charge in [-0.25, -0.2) is 0 Å². The minimum absolute atomic E-state index is 0.0560. The molecule has 4 rings (SSSR count). The van der Waals surface area contributed by atoms with Crippen LogP contribution in [0.4, 0.5) is 11.4 Å². The van der Waals surface area contributed by atoms with Crippen LogP contribution in [0.15, 0.2) is 59.5 Å². The number of amides is 3. The van der Waals surface area contributed by atoms with E-state index < -0.39 is 0 Å². The molecule has 2 aliphatic rings. The van der Waals surface area contributed by atoms with Gasteiger partial charge in [-0.15, -0.1) is 11.8 Å². The number of carbonyl (C=O) groups excluding carboxylic acids is 3. The zero-order valence-corrected chi connectivity index (χ0v) is 18.6. The summed E-state index contributed by atoms with van der Waals surface area (Å²) in [4.78, 5) is 40.2. The molecule has 2 atom stereocenters. The molecule has 31 heavy (non-hydrogen) atoms. The van der Waals surface area contributed by atoms with Crippen molar-refractivity contribution in [2.75, 3.05) is 16.0 Å². The minimum Gasteiger partial charge on any atom is -0.325 e. The Morgan fingerprint density at radius 3 is 2.29 bits per heavy atom. The Morgan fingerprint density at radius 2 is 1.68 bits per heavy atom. The van der Waals surface area contributed by atoms with Gasteiger partial charge >= 0.3 is 0 Å². The summed E-state index contributed by atoms with van der Waals surface area (Å²) in [6, 6.07) is 13.3. The van der Waals surface area contributed by atoms with E-state index in [0.29, 0.717) is 18.5 Å². The van der Waals surface area contributed by atoms with Gasteiger partial charge in [-0.3, -0.25) is 19.3 Å². The second-order valence-electron chi connectivity index (χ2n) is 7.96. The van der Waals surface area contributed by atoms with Crippen molar-refractivity contribution in [3.05, 3.63) is 65.7 Å². The molecule has 1 aliphatic heterocycles. The zero-order chi connectivity index (χ0) is 22.0. The minimum atomic E-state index is -0.232. The molecule has 6 heteroatoms. The van der Waals surface area contributed by atoms with Crippen LogP contribution in [0.5, 0.6) is 0 Å². The lowest BCUT2D eigenvalue weighted by Crippen LogP contribution is -2.30. The van der Waals surface area contributed by atoms with Gasteiger partial charge in [-0.1, -0.05) is 37.3 Å². The second-order valence-corrected chi connectivity index (χ2v) is 9.01. The number of hydrogen-bond acceptors (Lipinski definition) is 4. The number of imide groups is 1. The summed E-state index contributed by atoms with van der Waals surface area (Å²) in [6.07, 6.45) is 6.10. The molecule has 1 heterocycles. The molecule has 0 spiro atoms. The largest absolute Gasteiger partial charge is 0.325 e. The first-order chi connectivity index (χ1) is 15.0. The van der Waals surface area contributed by atoms with Gasteiger partial charge in [-0.05, 0) is 61.6 Å². The molecule has 1 N–H and O–H groups in total. The summed E-state index contributed by atoms with van der Waals surface area (Å²) in [5.74, 6) is -0.448. The molecule has 1 saturated heterocycles. The van der Waals surface area contributed by atoms with Crippen molar-refractivity contribution in [2.45, 2.75) is 38.0 Å². The monoisotopic (exact) mass is 434 g/mol. The molecular formula is C25H26N2O3S. The van der Waals surface area contributed by atoms with Crippen LogP contribution in [0.2, 0.25) is 0 Å². The Bertz CT molecular complexity index is 1020. The van der Waals surface area contributed by atoms with E-state index in [1.54, 1.807) is 12.1 Å². The van der Waals surface area contributed by atoms with E-state index in [4.69, 9.17) is 0 Å². The van der Waals surface area contributed by atoms with E-state index in [2.05, 4.69) is 12.2 Å². The maximum absolute atomic E-state index is 12.7. The van der Waals surface area contributed by atoms with Crippen LogP contribution in [0, 0.1) is 18.8 Å². The highest BCUT2D eigenvalue weighted by Crippen LogP contribution is 2.38. The lowest BCUT2D eigenvalue weighted by atomic mass is 9.85. The number of nitrogens with one attached hydrogen (secondary N) is 1. The number of fused-ring (bicyclic) bond motifs is 1. The van der Waals surface area contributed by atoms with Crippen LogP contribution in [0.25, 0.3) is 0 Å². The Kier molecular flexibility index (Phi) is 6.28. The predicted octanol–water partition coefficient (Wildman–Crippen LogP) is 4.74. The van der Waals surface area contributed by atoms with Gasteiger partial charge in [0, 0.05) is 10.6 Å². The third-order valence-corrected chi connectivity index (χ3v) is 6.99. The number of thioether (sulfide) groups is 1. The molecule has 1 fully saturated rings. The first-order valence-corrected chi connectivity index (χ1v) is 11.6. The Labute approximate surface area is 186 Å². The van der Waals surface area contributed by atoms with Crippen LogP contribution in [0.3, 0.4) is 0 Å². The molecule has 0 bridgehead atoms. The number of nitrogens with zero attached hydrogens (tertiary/aromatic N) is 1. The molecule has 2 aromatic carbocycles. The number of benzene rings is 2. The van der Waals surface area contributed by atoms with Gasteiger partial charge in [0.25, 0.3) is 0 Å². The average molecular weight is 435 g/mol. The van der Waals surface area contributed by atoms with E-state index in [1.807, 2.05) is 49.4 Å². The molecular weight excluding hydrogens is 408 g/mol.